The zero-order valence-electron chi connectivity index (χ0n) is 10.3. The largest absolute Gasteiger partial charge is 0.478 e. The summed E-state index contributed by atoms with van der Waals surface area (Å²) in [4.78, 5) is 22.0. The van der Waals surface area contributed by atoms with E-state index < -0.39 is 11.9 Å². The van der Waals surface area contributed by atoms with Crippen LogP contribution in [-0.4, -0.2) is 24.1 Å². The number of amides is 1. The predicted molar refractivity (Wildman–Crippen MR) is 67.2 cm³/mol. The third-order valence-electron chi connectivity index (χ3n) is 2.22. The Kier molecular flexibility index (Phi) is 5.07. The molecule has 2 N–H and O–H groups in total. The molecular formula is C13H15NO4. The molecule has 1 aromatic rings. The molecule has 0 aliphatic heterocycles. The van der Waals surface area contributed by atoms with Gasteiger partial charge in [0.1, 0.15) is 0 Å². The number of carboxylic acid groups (broad SMARTS) is 1. The van der Waals surface area contributed by atoms with Crippen molar-refractivity contribution in [1.29, 1.82) is 0 Å². The number of benzene rings is 1. The summed E-state index contributed by atoms with van der Waals surface area (Å²) in [7, 11) is 1.61. The molecule has 96 valence electrons. The summed E-state index contributed by atoms with van der Waals surface area (Å²) in [5, 5.41) is 11.1. The van der Waals surface area contributed by atoms with Crippen LogP contribution in [0.2, 0.25) is 0 Å². The molecule has 0 heterocycles. The van der Waals surface area contributed by atoms with E-state index in [4.69, 9.17) is 9.84 Å². The zero-order chi connectivity index (χ0) is 13.5. The van der Waals surface area contributed by atoms with Crippen LogP contribution in [0.1, 0.15) is 12.5 Å². The Balaban J connectivity index is 2.67. The molecule has 0 saturated heterocycles. The molecule has 0 saturated carbocycles. The fourth-order valence-corrected chi connectivity index (χ4v) is 1.33. The van der Waals surface area contributed by atoms with Gasteiger partial charge in [0.05, 0.1) is 6.61 Å². The number of anilines is 1. The van der Waals surface area contributed by atoms with Gasteiger partial charge in [0, 0.05) is 24.4 Å². The average molecular weight is 249 g/mol. The quantitative estimate of drug-likeness (QED) is 0.780. The molecule has 0 atom stereocenters. The van der Waals surface area contributed by atoms with Gasteiger partial charge < -0.3 is 15.2 Å². The molecule has 0 unspecified atom stereocenters. The zero-order valence-corrected chi connectivity index (χ0v) is 10.3. The van der Waals surface area contributed by atoms with Gasteiger partial charge in [-0.15, -0.1) is 0 Å². The van der Waals surface area contributed by atoms with Crippen LogP contribution in [0.4, 0.5) is 5.69 Å². The molecule has 5 heteroatoms. The summed E-state index contributed by atoms with van der Waals surface area (Å²) in [6.07, 6.45) is 0.870. The van der Waals surface area contributed by atoms with Crippen molar-refractivity contribution in [1.82, 2.24) is 0 Å². The number of hydrogen-bond acceptors (Lipinski definition) is 3. The van der Waals surface area contributed by atoms with E-state index in [0.717, 1.165) is 11.6 Å². The number of carbonyl (C=O) groups excluding carboxylic acids is 1. The first-order chi connectivity index (χ1) is 8.52. The van der Waals surface area contributed by atoms with Gasteiger partial charge in [-0.3, -0.25) is 4.79 Å². The van der Waals surface area contributed by atoms with Crippen molar-refractivity contribution in [3.63, 3.8) is 0 Å². The maximum atomic E-state index is 11.6. The highest BCUT2D eigenvalue weighted by Crippen LogP contribution is 2.11. The Morgan fingerprint density at radius 1 is 1.33 bits per heavy atom. The molecule has 0 aliphatic carbocycles. The summed E-state index contributed by atoms with van der Waals surface area (Å²) in [6.45, 7) is 1.95. The Labute approximate surface area is 105 Å². The second-order valence-corrected chi connectivity index (χ2v) is 3.75. The number of methoxy groups -OCH3 is 1. The van der Waals surface area contributed by atoms with Gasteiger partial charge >= 0.3 is 5.97 Å². The maximum absolute atomic E-state index is 11.6. The molecule has 5 nitrogen and oxygen atoms in total. The van der Waals surface area contributed by atoms with Crippen molar-refractivity contribution < 1.29 is 19.4 Å². The molecule has 1 amide bonds. The molecule has 0 aliphatic rings. The summed E-state index contributed by atoms with van der Waals surface area (Å²) < 4.78 is 4.97. The number of carbonyl (C=O) groups is 2. The van der Waals surface area contributed by atoms with Crippen LogP contribution >= 0.6 is 0 Å². The monoisotopic (exact) mass is 249 g/mol. The Morgan fingerprint density at radius 3 is 2.44 bits per heavy atom. The van der Waals surface area contributed by atoms with Crippen molar-refractivity contribution >= 4 is 17.6 Å². The van der Waals surface area contributed by atoms with Crippen LogP contribution in [0.25, 0.3) is 0 Å². The predicted octanol–water partition coefficient (Wildman–Crippen LogP) is 1.80. The van der Waals surface area contributed by atoms with E-state index in [1.807, 2.05) is 12.1 Å². The van der Waals surface area contributed by atoms with E-state index in [-0.39, 0.29) is 5.57 Å². The van der Waals surface area contributed by atoms with E-state index in [1.54, 1.807) is 19.2 Å². The van der Waals surface area contributed by atoms with E-state index >= 15 is 0 Å². The smallest absolute Gasteiger partial charge is 0.328 e. The van der Waals surface area contributed by atoms with Gasteiger partial charge in [0.2, 0.25) is 0 Å². The van der Waals surface area contributed by atoms with Gasteiger partial charge in [0.25, 0.3) is 5.91 Å². The highest BCUT2D eigenvalue weighted by Gasteiger charge is 2.06. The van der Waals surface area contributed by atoms with Crippen LogP contribution < -0.4 is 5.32 Å². The Bertz CT molecular complexity index is 462. The van der Waals surface area contributed by atoms with Gasteiger partial charge in [-0.2, -0.15) is 0 Å². The van der Waals surface area contributed by atoms with Gasteiger partial charge in [-0.25, -0.2) is 4.79 Å². The average Bonchev–Trinajstić information content (AvgIpc) is 2.31. The summed E-state index contributed by atoms with van der Waals surface area (Å²) in [5.74, 6) is -1.57. The topological polar surface area (TPSA) is 75.6 Å². The molecule has 0 fully saturated rings. The molecule has 0 radical (unpaired) electrons. The first-order valence-electron chi connectivity index (χ1n) is 5.33. The van der Waals surface area contributed by atoms with E-state index in [2.05, 4.69) is 5.32 Å². The Morgan fingerprint density at radius 2 is 1.94 bits per heavy atom. The lowest BCUT2D eigenvalue weighted by atomic mass is 10.2. The lowest BCUT2D eigenvalue weighted by Crippen LogP contribution is -2.13. The molecule has 0 spiro atoms. The van der Waals surface area contributed by atoms with Crippen molar-refractivity contribution in [3.8, 4) is 0 Å². The van der Waals surface area contributed by atoms with Crippen molar-refractivity contribution in [2.75, 3.05) is 12.4 Å². The standard InChI is InChI=1S/C13H15NO4/c1-9(7-12(15)16)13(17)14-11-5-3-10(4-6-11)8-18-2/h3-7H,8H2,1-2H3,(H,14,17)(H,15,16). The summed E-state index contributed by atoms with van der Waals surface area (Å²) >= 11 is 0. The molecule has 1 aromatic carbocycles. The maximum Gasteiger partial charge on any atom is 0.328 e. The molecule has 0 aromatic heterocycles. The van der Waals surface area contributed by atoms with Crippen molar-refractivity contribution in [2.24, 2.45) is 0 Å². The minimum absolute atomic E-state index is 0.142. The highest BCUT2D eigenvalue weighted by atomic mass is 16.5. The Hall–Kier alpha value is -2.14. The molecular weight excluding hydrogens is 234 g/mol. The van der Waals surface area contributed by atoms with E-state index in [9.17, 15) is 9.59 Å². The molecule has 18 heavy (non-hydrogen) atoms. The van der Waals surface area contributed by atoms with E-state index in [0.29, 0.717) is 12.3 Å². The molecule has 1 rings (SSSR count). The van der Waals surface area contributed by atoms with Crippen LogP contribution in [-0.2, 0) is 20.9 Å². The third-order valence-corrected chi connectivity index (χ3v) is 2.22. The minimum Gasteiger partial charge on any atom is -0.478 e. The lowest BCUT2D eigenvalue weighted by molar-refractivity contribution is -0.131. The summed E-state index contributed by atoms with van der Waals surface area (Å²) in [6, 6.07) is 7.13. The number of ether oxygens (including phenoxy) is 1. The second-order valence-electron chi connectivity index (χ2n) is 3.75. The third kappa shape index (κ3) is 4.39. The van der Waals surface area contributed by atoms with Crippen LogP contribution in [0.3, 0.4) is 0 Å². The summed E-state index contributed by atoms with van der Waals surface area (Å²) in [5.41, 5.74) is 1.75. The number of aliphatic carboxylic acids is 1. The van der Waals surface area contributed by atoms with Gasteiger partial charge in [0.15, 0.2) is 0 Å². The highest BCUT2D eigenvalue weighted by molar-refractivity contribution is 6.06. The normalized spacial score (nSPS) is 11.1. The SMILES string of the molecule is COCc1ccc(NC(=O)C(C)=CC(=O)O)cc1. The van der Waals surface area contributed by atoms with Crippen LogP contribution in [0.15, 0.2) is 35.9 Å². The van der Waals surface area contributed by atoms with Crippen molar-refractivity contribution in [2.45, 2.75) is 13.5 Å². The fraction of sp³-hybridized carbons (Fsp3) is 0.231. The number of hydrogen-bond donors (Lipinski definition) is 2. The van der Waals surface area contributed by atoms with Crippen LogP contribution in [0, 0.1) is 0 Å². The number of carboxylic acids is 1. The first-order valence-corrected chi connectivity index (χ1v) is 5.33. The van der Waals surface area contributed by atoms with Crippen molar-refractivity contribution in [3.05, 3.63) is 41.5 Å². The lowest BCUT2D eigenvalue weighted by Gasteiger charge is -2.06. The first kappa shape index (κ1) is 13.9. The van der Waals surface area contributed by atoms with Crippen LogP contribution in [0.5, 0.6) is 0 Å². The number of rotatable bonds is 5. The van der Waals surface area contributed by atoms with Gasteiger partial charge in [-0.05, 0) is 24.6 Å². The number of nitrogens with one attached hydrogen (secondary N) is 1. The fourth-order valence-electron chi connectivity index (χ4n) is 1.33. The van der Waals surface area contributed by atoms with E-state index in [1.165, 1.54) is 6.92 Å². The van der Waals surface area contributed by atoms with Gasteiger partial charge in [-0.1, -0.05) is 12.1 Å². The minimum atomic E-state index is -1.14. The second kappa shape index (κ2) is 6.56. The molecule has 0 bridgehead atoms.